The van der Waals surface area contributed by atoms with E-state index in [0.29, 0.717) is 24.5 Å². The van der Waals surface area contributed by atoms with E-state index in [0.717, 1.165) is 60.0 Å². The van der Waals surface area contributed by atoms with Crippen molar-refractivity contribution in [3.05, 3.63) is 58.0 Å². The van der Waals surface area contributed by atoms with Crippen molar-refractivity contribution in [2.24, 2.45) is 5.92 Å². The summed E-state index contributed by atoms with van der Waals surface area (Å²) in [4.78, 5) is 27.8. The van der Waals surface area contributed by atoms with E-state index >= 15 is 0 Å². The molecule has 0 amide bonds. The highest BCUT2D eigenvalue weighted by Crippen LogP contribution is 2.44. The van der Waals surface area contributed by atoms with E-state index < -0.39 is 0 Å². The lowest BCUT2D eigenvalue weighted by molar-refractivity contribution is -0.118. The average Bonchev–Trinajstić information content (AvgIpc) is 3.59. The molecule has 1 fully saturated rings. The van der Waals surface area contributed by atoms with Gasteiger partial charge >= 0.3 is 0 Å². The molecule has 4 nitrogen and oxygen atoms in total. The second-order valence-electron chi connectivity index (χ2n) is 10.8. The summed E-state index contributed by atoms with van der Waals surface area (Å²) in [5.74, 6) is 1.08. The molecule has 0 saturated heterocycles. The van der Waals surface area contributed by atoms with Crippen molar-refractivity contribution >= 4 is 38.7 Å². The number of aromatic nitrogens is 2. The van der Waals surface area contributed by atoms with Gasteiger partial charge in [0.25, 0.3) is 0 Å². The summed E-state index contributed by atoms with van der Waals surface area (Å²) in [5, 5.41) is 1.08. The number of thiophene rings is 1. The molecule has 0 unspecified atom stereocenters. The zero-order valence-electron chi connectivity index (χ0n) is 21.8. The maximum Gasteiger partial charge on any atom is 0.138 e. The number of ketones is 1. The maximum absolute atomic E-state index is 13.1. The summed E-state index contributed by atoms with van der Waals surface area (Å²) < 4.78 is 1.20. The first kappa shape index (κ1) is 24.9. The average molecular weight is 530 g/mol. The molecule has 192 valence electrons. The zero-order chi connectivity index (χ0) is 25.4. The van der Waals surface area contributed by atoms with Crippen LogP contribution >= 0.6 is 22.7 Å². The Hall–Kier alpha value is -2.41. The second-order valence-corrected chi connectivity index (χ2v) is 13.0. The highest BCUT2D eigenvalue weighted by molar-refractivity contribution is 7.22. The smallest absolute Gasteiger partial charge is 0.138 e. The summed E-state index contributed by atoms with van der Waals surface area (Å²) >= 11 is 3.66. The third-order valence-electron chi connectivity index (χ3n) is 8.04. The van der Waals surface area contributed by atoms with Gasteiger partial charge in [-0.15, -0.1) is 22.7 Å². The van der Waals surface area contributed by atoms with Crippen LogP contribution < -0.4 is 0 Å². The molecule has 4 aromatic rings. The molecule has 2 aliphatic rings. The van der Waals surface area contributed by atoms with Gasteiger partial charge in [0, 0.05) is 59.7 Å². The third kappa shape index (κ3) is 5.43. The molecule has 1 saturated carbocycles. The maximum atomic E-state index is 13.1. The number of nitrogens with zero attached hydrogens (tertiary/aromatic N) is 3. The molecular weight excluding hydrogens is 494 g/mol. The largest absolute Gasteiger partial charge is 0.299 e. The van der Waals surface area contributed by atoms with E-state index in [1.54, 1.807) is 11.3 Å². The van der Waals surface area contributed by atoms with Gasteiger partial charge in [0.1, 0.15) is 10.8 Å². The van der Waals surface area contributed by atoms with Crippen LogP contribution in [0.5, 0.6) is 0 Å². The fourth-order valence-electron chi connectivity index (χ4n) is 5.48. The number of hydrogen-bond acceptors (Lipinski definition) is 6. The molecule has 1 aliphatic heterocycles. The van der Waals surface area contributed by atoms with Crippen LogP contribution in [0.1, 0.15) is 67.7 Å². The van der Waals surface area contributed by atoms with Crippen LogP contribution in [0, 0.1) is 5.92 Å². The molecule has 0 N–H and O–H groups in total. The number of carbonyl (C=O) groups is 1. The summed E-state index contributed by atoms with van der Waals surface area (Å²) in [7, 11) is 0. The van der Waals surface area contributed by atoms with Crippen LogP contribution in [0.3, 0.4) is 0 Å². The Bertz CT molecular complexity index is 1400. The topological polar surface area (TPSA) is 46.1 Å². The number of thiazole rings is 1. The number of benzene rings is 1. The predicted molar refractivity (Wildman–Crippen MR) is 155 cm³/mol. The van der Waals surface area contributed by atoms with Crippen molar-refractivity contribution in [3.63, 3.8) is 0 Å². The minimum Gasteiger partial charge on any atom is -0.299 e. The van der Waals surface area contributed by atoms with E-state index in [2.05, 4.69) is 41.9 Å². The highest BCUT2D eigenvalue weighted by Gasteiger charge is 2.34. The zero-order valence-corrected chi connectivity index (χ0v) is 23.5. The lowest BCUT2D eigenvalue weighted by Crippen LogP contribution is -2.31. The van der Waals surface area contributed by atoms with Gasteiger partial charge in [-0.05, 0) is 72.6 Å². The summed E-state index contributed by atoms with van der Waals surface area (Å²) in [6.45, 7) is 6.68. The van der Waals surface area contributed by atoms with E-state index in [-0.39, 0.29) is 0 Å². The molecule has 0 spiro atoms. The number of fused-ring (bicyclic) bond motifs is 2. The molecule has 1 atom stereocenters. The van der Waals surface area contributed by atoms with Crippen molar-refractivity contribution < 1.29 is 4.79 Å². The predicted octanol–water partition coefficient (Wildman–Crippen LogP) is 7.94. The molecule has 6 rings (SSSR count). The molecule has 0 radical (unpaired) electrons. The Morgan fingerprint density at radius 3 is 2.76 bits per heavy atom. The lowest BCUT2D eigenvalue weighted by atomic mass is 9.97. The van der Waals surface area contributed by atoms with E-state index in [1.165, 1.54) is 44.8 Å². The first-order chi connectivity index (χ1) is 18.1. The summed E-state index contributed by atoms with van der Waals surface area (Å²) in [6, 6.07) is 11.4. The molecular formula is C31H35N3OS2. The van der Waals surface area contributed by atoms with Crippen molar-refractivity contribution in [3.8, 4) is 21.7 Å². The molecule has 37 heavy (non-hydrogen) atoms. The molecule has 1 aliphatic carbocycles. The second kappa shape index (κ2) is 10.8. The van der Waals surface area contributed by atoms with Crippen LogP contribution in [0.4, 0.5) is 0 Å². The molecule has 1 aromatic carbocycles. The Morgan fingerprint density at radius 1 is 1.14 bits per heavy atom. The quantitative estimate of drug-likeness (QED) is 0.209. The Kier molecular flexibility index (Phi) is 7.24. The van der Waals surface area contributed by atoms with Crippen LogP contribution in [0.15, 0.2) is 42.7 Å². The van der Waals surface area contributed by atoms with Gasteiger partial charge in [-0.2, -0.15) is 0 Å². The normalized spacial score (nSPS) is 16.7. The summed E-state index contributed by atoms with van der Waals surface area (Å²) in [6.07, 6.45) is 12.0. The lowest BCUT2D eigenvalue weighted by Gasteiger charge is -2.26. The summed E-state index contributed by atoms with van der Waals surface area (Å²) in [5.41, 5.74) is 6.09. The van der Waals surface area contributed by atoms with Gasteiger partial charge in [-0.25, -0.2) is 4.98 Å². The van der Waals surface area contributed by atoms with Crippen molar-refractivity contribution in [2.75, 3.05) is 6.54 Å². The van der Waals surface area contributed by atoms with Gasteiger partial charge < -0.3 is 0 Å². The van der Waals surface area contributed by atoms with Crippen molar-refractivity contribution in [1.29, 1.82) is 0 Å². The number of pyridine rings is 1. The van der Waals surface area contributed by atoms with Crippen molar-refractivity contribution in [1.82, 2.24) is 14.9 Å². The van der Waals surface area contributed by atoms with E-state index in [4.69, 9.17) is 4.98 Å². The first-order valence-electron chi connectivity index (χ1n) is 13.8. The van der Waals surface area contributed by atoms with Crippen LogP contribution in [-0.2, 0) is 24.2 Å². The highest BCUT2D eigenvalue weighted by atomic mass is 32.1. The minimum atomic E-state index is 0.378. The number of Topliss-reactive ketones (excluding diaryl/α,β-unsaturated/α-hetero) is 1. The first-order valence-corrected chi connectivity index (χ1v) is 15.4. The Balaban J connectivity index is 1.32. The van der Waals surface area contributed by atoms with Crippen LogP contribution in [0.2, 0.25) is 0 Å². The number of rotatable bonds is 10. The number of hydrogen-bond donors (Lipinski definition) is 0. The third-order valence-corrected chi connectivity index (χ3v) is 10.3. The molecule has 3 aromatic heterocycles. The minimum absolute atomic E-state index is 0.378. The van der Waals surface area contributed by atoms with Crippen LogP contribution in [-0.4, -0.2) is 33.2 Å². The van der Waals surface area contributed by atoms with Gasteiger partial charge in [0.05, 0.1) is 10.2 Å². The van der Waals surface area contributed by atoms with Crippen LogP contribution in [0.25, 0.3) is 31.9 Å². The van der Waals surface area contributed by atoms with Crippen molar-refractivity contribution in [2.45, 2.75) is 77.8 Å². The van der Waals surface area contributed by atoms with E-state index in [1.807, 2.05) is 35.9 Å². The Labute approximate surface area is 227 Å². The fraction of sp³-hybridized carbons (Fsp3) is 0.452. The number of carbonyl (C=O) groups excluding carboxylic acids is 1. The SMILES string of the molecule is CC[C@H](C)CCCC(=O)Cc1sc2c(c1-c1nc3cc(-c4ccncc4)ccc3s1)CCN(C1CC1)C2. The van der Waals surface area contributed by atoms with Gasteiger partial charge in [0.2, 0.25) is 0 Å². The molecule has 0 bridgehead atoms. The fourth-order valence-corrected chi connectivity index (χ4v) is 8.00. The molecule has 4 heterocycles. The monoisotopic (exact) mass is 529 g/mol. The van der Waals surface area contributed by atoms with E-state index in [9.17, 15) is 4.79 Å². The Morgan fingerprint density at radius 2 is 1.97 bits per heavy atom. The van der Waals surface area contributed by atoms with Gasteiger partial charge in [-0.3, -0.25) is 14.7 Å². The van der Waals surface area contributed by atoms with Gasteiger partial charge in [0.15, 0.2) is 0 Å². The standard InChI is InChI=1S/C31H35N3OS2/c1-3-20(2)5-4-6-24(35)18-28-30(25-13-16-34(23-8-9-23)19-29(25)36-28)31-33-26-17-22(7-10-27(26)37-31)21-11-14-32-15-12-21/h7,10-12,14-15,17,20,23H,3-6,8-9,13,16,18-19H2,1-2H3/t20-/m0/s1. The molecule has 6 heteroatoms. The van der Waals surface area contributed by atoms with Gasteiger partial charge in [-0.1, -0.05) is 32.8 Å².